The molecule has 2 N–H and O–H groups in total. The summed E-state index contributed by atoms with van der Waals surface area (Å²) in [6, 6.07) is 7.51. The van der Waals surface area contributed by atoms with E-state index in [9.17, 15) is 0 Å². The van der Waals surface area contributed by atoms with Crippen LogP contribution in [0.25, 0.3) is 0 Å². The van der Waals surface area contributed by atoms with Crippen LogP contribution < -0.4 is 10.6 Å². The van der Waals surface area contributed by atoms with Crippen LogP contribution in [0, 0.1) is 17.2 Å². The molecule has 0 aliphatic heterocycles. The van der Waals surface area contributed by atoms with Crippen LogP contribution >= 0.6 is 11.6 Å². The van der Waals surface area contributed by atoms with Gasteiger partial charge in [0.1, 0.15) is 0 Å². The Morgan fingerprint density at radius 2 is 2.27 bits per heavy atom. The molecular weight excluding hydrogens is 210 g/mol. The number of hydrogen-bond donors (Lipinski definition) is 1. The summed E-state index contributed by atoms with van der Waals surface area (Å²) in [5, 5.41) is 9.37. The molecule has 0 radical (unpaired) electrons. The third-order valence-corrected chi connectivity index (χ3v) is 2.41. The van der Waals surface area contributed by atoms with Gasteiger partial charge in [-0.1, -0.05) is 11.6 Å². The van der Waals surface area contributed by atoms with Crippen molar-refractivity contribution >= 4 is 23.0 Å². The molecule has 0 amide bonds. The molecule has 0 saturated heterocycles. The predicted octanol–water partition coefficient (Wildman–Crippen LogP) is 2.52. The van der Waals surface area contributed by atoms with Crippen molar-refractivity contribution in [3.63, 3.8) is 0 Å². The first-order valence-corrected chi connectivity index (χ1v) is 5.08. The first-order chi connectivity index (χ1) is 7.04. The maximum atomic E-state index is 8.72. The molecule has 3 nitrogen and oxygen atoms in total. The lowest BCUT2D eigenvalue weighted by atomic mass is 10.2. The van der Waals surface area contributed by atoms with E-state index in [0.29, 0.717) is 17.3 Å². The van der Waals surface area contributed by atoms with E-state index in [1.165, 1.54) is 0 Å². The Kier molecular flexibility index (Phi) is 3.81. The molecule has 0 aliphatic rings. The van der Waals surface area contributed by atoms with Crippen LogP contribution in [0.15, 0.2) is 18.2 Å². The predicted molar refractivity (Wildman–Crippen MR) is 63.9 cm³/mol. The Morgan fingerprint density at radius 3 is 2.87 bits per heavy atom. The molecule has 15 heavy (non-hydrogen) atoms. The van der Waals surface area contributed by atoms with Crippen molar-refractivity contribution in [1.29, 1.82) is 5.26 Å². The zero-order valence-electron chi connectivity index (χ0n) is 8.87. The Bertz CT molecular complexity index is 384. The number of nitriles is 1. The molecule has 0 spiro atoms. The first-order valence-electron chi connectivity index (χ1n) is 4.70. The maximum Gasteiger partial charge on any atom is 0.0671 e. The molecule has 0 fully saturated rings. The van der Waals surface area contributed by atoms with Crippen molar-refractivity contribution in [2.24, 2.45) is 5.92 Å². The van der Waals surface area contributed by atoms with E-state index in [4.69, 9.17) is 22.6 Å². The average molecular weight is 224 g/mol. The number of rotatable bonds is 3. The smallest absolute Gasteiger partial charge is 0.0671 e. The topological polar surface area (TPSA) is 53.0 Å². The van der Waals surface area contributed by atoms with E-state index in [2.05, 4.69) is 6.07 Å². The highest BCUT2D eigenvalue weighted by Gasteiger charge is 2.09. The minimum Gasteiger partial charge on any atom is -0.397 e. The van der Waals surface area contributed by atoms with Crippen LogP contribution in [-0.4, -0.2) is 13.6 Å². The second kappa shape index (κ2) is 4.90. The van der Waals surface area contributed by atoms with Gasteiger partial charge in [0.25, 0.3) is 0 Å². The quantitative estimate of drug-likeness (QED) is 0.802. The minimum atomic E-state index is -0.0339. The van der Waals surface area contributed by atoms with Gasteiger partial charge in [0.2, 0.25) is 0 Å². The lowest BCUT2D eigenvalue weighted by Crippen LogP contribution is -2.24. The number of nitrogens with zero attached hydrogens (tertiary/aromatic N) is 2. The Hall–Kier alpha value is -1.40. The van der Waals surface area contributed by atoms with Crippen LogP contribution in [0.2, 0.25) is 5.02 Å². The summed E-state index contributed by atoms with van der Waals surface area (Å²) in [5.74, 6) is -0.0339. The van der Waals surface area contributed by atoms with Gasteiger partial charge in [0, 0.05) is 18.6 Å². The molecule has 1 atom stereocenters. The molecule has 0 aliphatic carbocycles. The Balaban J connectivity index is 2.86. The highest BCUT2D eigenvalue weighted by atomic mass is 35.5. The van der Waals surface area contributed by atoms with E-state index in [0.717, 1.165) is 5.69 Å². The van der Waals surface area contributed by atoms with E-state index in [-0.39, 0.29) is 5.92 Å². The number of hydrogen-bond acceptors (Lipinski definition) is 3. The number of anilines is 2. The van der Waals surface area contributed by atoms with Gasteiger partial charge in [-0.05, 0) is 25.1 Å². The highest BCUT2D eigenvalue weighted by Crippen LogP contribution is 2.26. The van der Waals surface area contributed by atoms with E-state index < -0.39 is 0 Å². The third kappa shape index (κ3) is 3.03. The molecule has 0 heterocycles. The largest absolute Gasteiger partial charge is 0.397 e. The number of nitrogen functional groups attached to an aromatic ring is 1. The van der Waals surface area contributed by atoms with E-state index in [1.807, 2.05) is 18.9 Å². The summed E-state index contributed by atoms with van der Waals surface area (Å²) in [7, 11) is 1.90. The van der Waals surface area contributed by atoms with Gasteiger partial charge in [-0.3, -0.25) is 0 Å². The van der Waals surface area contributed by atoms with E-state index >= 15 is 0 Å². The molecular formula is C11H14ClN3. The van der Waals surface area contributed by atoms with Gasteiger partial charge in [-0.2, -0.15) is 5.26 Å². The zero-order chi connectivity index (χ0) is 11.4. The summed E-state index contributed by atoms with van der Waals surface area (Å²) in [6.07, 6.45) is 0. The highest BCUT2D eigenvalue weighted by molar-refractivity contribution is 6.31. The Morgan fingerprint density at radius 1 is 1.60 bits per heavy atom. The van der Waals surface area contributed by atoms with Crippen LogP contribution in [0.4, 0.5) is 11.4 Å². The Labute approximate surface area is 95.1 Å². The third-order valence-electron chi connectivity index (χ3n) is 2.17. The minimum absolute atomic E-state index is 0.0339. The van der Waals surface area contributed by atoms with Crippen molar-refractivity contribution in [3.05, 3.63) is 23.2 Å². The monoisotopic (exact) mass is 223 g/mol. The van der Waals surface area contributed by atoms with Crippen molar-refractivity contribution in [2.75, 3.05) is 24.2 Å². The number of nitrogens with two attached hydrogens (primary N) is 1. The first kappa shape index (κ1) is 11.7. The molecule has 1 aromatic rings. The lowest BCUT2D eigenvalue weighted by molar-refractivity contribution is 0.717. The van der Waals surface area contributed by atoms with Gasteiger partial charge in [0.15, 0.2) is 0 Å². The van der Waals surface area contributed by atoms with Gasteiger partial charge >= 0.3 is 0 Å². The zero-order valence-corrected chi connectivity index (χ0v) is 9.62. The van der Waals surface area contributed by atoms with Crippen molar-refractivity contribution in [2.45, 2.75) is 6.92 Å². The second-order valence-electron chi connectivity index (χ2n) is 3.61. The fourth-order valence-corrected chi connectivity index (χ4v) is 1.56. The molecule has 4 heteroatoms. The van der Waals surface area contributed by atoms with Crippen LogP contribution in [0.1, 0.15) is 6.92 Å². The molecule has 1 rings (SSSR count). The van der Waals surface area contributed by atoms with Crippen LogP contribution in [0.3, 0.4) is 0 Å². The fourth-order valence-electron chi connectivity index (χ4n) is 1.40. The summed E-state index contributed by atoms with van der Waals surface area (Å²) in [6.45, 7) is 2.51. The van der Waals surface area contributed by atoms with E-state index in [1.54, 1.807) is 18.2 Å². The van der Waals surface area contributed by atoms with Gasteiger partial charge in [-0.15, -0.1) is 0 Å². The summed E-state index contributed by atoms with van der Waals surface area (Å²) in [4.78, 5) is 1.94. The normalized spacial score (nSPS) is 11.9. The lowest BCUT2D eigenvalue weighted by Gasteiger charge is -2.22. The standard InChI is InChI=1S/C11H14ClN3/c1-8(6-13)7-15(2)11-5-9(12)3-4-10(11)14/h3-5,8H,7,14H2,1-2H3. The maximum absolute atomic E-state index is 8.72. The fraction of sp³-hybridized carbons (Fsp3) is 0.364. The van der Waals surface area contributed by atoms with Crippen molar-refractivity contribution in [1.82, 2.24) is 0 Å². The SMILES string of the molecule is CC(C#N)CN(C)c1cc(Cl)ccc1N. The van der Waals surface area contributed by atoms with Crippen molar-refractivity contribution < 1.29 is 0 Å². The molecule has 0 aromatic heterocycles. The van der Waals surface area contributed by atoms with Gasteiger partial charge in [0.05, 0.1) is 23.4 Å². The average Bonchev–Trinajstić information content (AvgIpc) is 2.21. The molecule has 1 unspecified atom stereocenters. The van der Waals surface area contributed by atoms with Crippen LogP contribution in [-0.2, 0) is 0 Å². The molecule has 80 valence electrons. The van der Waals surface area contributed by atoms with Crippen LogP contribution in [0.5, 0.6) is 0 Å². The molecule has 0 bridgehead atoms. The summed E-state index contributed by atoms with van der Waals surface area (Å²) < 4.78 is 0. The van der Waals surface area contributed by atoms with Gasteiger partial charge in [-0.25, -0.2) is 0 Å². The molecule has 0 saturated carbocycles. The molecule has 1 aromatic carbocycles. The summed E-state index contributed by atoms with van der Waals surface area (Å²) in [5.41, 5.74) is 7.36. The number of halogens is 1. The number of benzene rings is 1. The van der Waals surface area contributed by atoms with Gasteiger partial charge < -0.3 is 10.6 Å². The van der Waals surface area contributed by atoms with Crippen molar-refractivity contribution in [3.8, 4) is 6.07 Å². The second-order valence-corrected chi connectivity index (χ2v) is 4.05. The summed E-state index contributed by atoms with van der Waals surface area (Å²) >= 11 is 5.88.